The topological polar surface area (TPSA) is 72.5 Å². The normalized spacial score (nSPS) is 15.1. The number of anilines is 1. The van der Waals surface area contributed by atoms with Crippen molar-refractivity contribution in [3.8, 4) is 5.69 Å². The maximum Gasteiger partial charge on any atom is 0.316 e. The van der Waals surface area contributed by atoms with Gasteiger partial charge in [0.15, 0.2) is 0 Å². The van der Waals surface area contributed by atoms with Crippen molar-refractivity contribution in [2.75, 3.05) is 38.2 Å². The van der Waals surface area contributed by atoms with Crippen molar-refractivity contribution >= 4 is 22.6 Å². The van der Waals surface area contributed by atoms with Gasteiger partial charge in [-0.05, 0) is 42.3 Å². The Kier molecular flexibility index (Phi) is 5.09. The van der Waals surface area contributed by atoms with Crippen molar-refractivity contribution in [2.24, 2.45) is 5.73 Å². The van der Waals surface area contributed by atoms with Gasteiger partial charge in [0.25, 0.3) is 0 Å². The first-order valence-corrected chi connectivity index (χ1v) is 9.27. The monoisotopic (exact) mass is 364 g/mol. The molecule has 1 fully saturated rings. The lowest BCUT2D eigenvalue weighted by Crippen LogP contribution is -2.37. The summed E-state index contributed by atoms with van der Waals surface area (Å²) in [6, 6.07) is 15.6. The molecule has 3 aromatic rings. The highest BCUT2D eigenvalue weighted by Crippen LogP contribution is 2.26. The minimum Gasteiger partial charge on any atom is -0.379 e. The Bertz CT molecular complexity index is 927. The van der Waals surface area contributed by atoms with Gasteiger partial charge in [-0.15, -0.1) is 0 Å². The fourth-order valence-electron chi connectivity index (χ4n) is 3.61. The highest BCUT2D eigenvalue weighted by molar-refractivity contribution is 5.88. The van der Waals surface area contributed by atoms with Gasteiger partial charge in [-0.3, -0.25) is 4.90 Å². The fourth-order valence-corrected chi connectivity index (χ4v) is 3.61. The highest BCUT2D eigenvalue weighted by Gasteiger charge is 2.13. The number of nitrogens with one attached hydrogen (secondary N) is 1. The molecule has 27 heavy (non-hydrogen) atoms. The van der Waals surface area contributed by atoms with E-state index in [2.05, 4.69) is 45.2 Å². The SMILES string of the molecule is NC(=O)Nc1ccc(-n2cc(CCN3CCOCC3)c3ccccc32)cc1. The quantitative estimate of drug-likeness (QED) is 0.731. The van der Waals surface area contributed by atoms with Crippen molar-refractivity contribution < 1.29 is 9.53 Å². The minimum atomic E-state index is -0.556. The number of hydrogen-bond acceptors (Lipinski definition) is 3. The van der Waals surface area contributed by atoms with Gasteiger partial charge in [-0.2, -0.15) is 0 Å². The number of rotatable bonds is 5. The van der Waals surface area contributed by atoms with Crippen molar-refractivity contribution in [3.63, 3.8) is 0 Å². The lowest BCUT2D eigenvalue weighted by Gasteiger charge is -2.26. The molecule has 0 radical (unpaired) electrons. The van der Waals surface area contributed by atoms with Gasteiger partial charge >= 0.3 is 6.03 Å². The van der Waals surface area contributed by atoms with Crippen molar-refractivity contribution in [2.45, 2.75) is 6.42 Å². The number of para-hydroxylation sites is 1. The third-order valence-electron chi connectivity index (χ3n) is 5.01. The van der Waals surface area contributed by atoms with E-state index in [1.165, 1.54) is 16.5 Å². The van der Waals surface area contributed by atoms with E-state index < -0.39 is 6.03 Å². The molecule has 0 spiro atoms. The molecular formula is C21H24N4O2. The highest BCUT2D eigenvalue weighted by atomic mass is 16.5. The van der Waals surface area contributed by atoms with Gasteiger partial charge < -0.3 is 20.4 Å². The molecule has 4 rings (SSSR count). The van der Waals surface area contributed by atoms with E-state index in [-0.39, 0.29) is 0 Å². The number of carbonyl (C=O) groups is 1. The van der Waals surface area contributed by atoms with E-state index in [1.54, 1.807) is 0 Å². The number of nitrogens with zero attached hydrogens (tertiary/aromatic N) is 2. The smallest absolute Gasteiger partial charge is 0.316 e. The van der Waals surface area contributed by atoms with Crippen LogP contribution in [0.5, 0.6) is 0 Å². The molecule has 6 heteroatoms. The van der Waals surface area contributed by atoms with E-state index in [0.717, 1.165) is 45.0 Å². The van der Waals surface area contributed by atoms with Gasteiger partial charge in [0.05, 0.1) is 18.7 Å². The molecule has 1 saturated heterocycles. The molecule has 2 amide bonds. The second kappa shape index (κ2) is 7.82. The van der Waals surface area contributed by atoms with Crippen LogP contribution in [0.3, 0.4) is 0 Å². The second-order valence-electron chi connectivity index (χ2n) is 6.78. The predicted molar refractivity (Wildman–Crippen MR) is 107 cm³/mol. The number of morpholine rings is 1. The zero-order valence-electron chi connectivity index (χ0n) is 15.2. The van der Waals surface area contributed by atoms with Crippen LogP contribution in [0.4, 0.5) is 10.5 Å². The average molecular weight is 364 g/mol. The molecular weight excluding hydrogens is 340 g/mol. The second-order valence-corrected chi connectivity index (χ2v) is 6.78. The van der Waals surface area contributed by atoms with Crippen molar-refractivity contribution in [1.29, 1.82) is 0 Å². The molecule has 2 heterocycles. The Morgan fingerprint density at radius 3 is 2.56 bits per heavy atom. The van der Waals surface area contributed by atoms with E-state index in [9.17, 15) is 4.79 Å². The number of hydrogen-bond donors (Lipinski definition) is 2. The van der Waals surface area contributed by atoms with Crippen LogP contribution in [0.1, 0.15) is 5.56 Å². The third kappa shape index (κ3) is 3.97. The Morgan fingerprint density at radius 2 is 1.81 bits per heavy atom. The molecule has 0 atom stereocenters. The van der Waals surface area contributed by atoms with E-state index >= 15 is 0 Å². The maximum absolute atomic E-state index is 11.0. The van der Waals surface area contributed by atoms with Gasteiger partial charge in [-0.1, -0.05) is 18.2 Å². The Balaban J connectivity index is 1.60. The lowest BCUT2D eigenvalue weighted by atomic mass is 10.1. The first kappa shape index (κ1) is 17.6. The summed E-state index contributed by atoms with van der Waals surface area (Å²) < 4.78 is 7.64. The van der Waals surface area contributed by atoms with E-state index in [1.807, 2.05) is 24.3 Å². The number of fused-ring (bicyclic) bond motifs is 1. The van der Waals surface area contributed by atoms with Crippen LogP contribution in [0.25, 0.3) is 16.6 Å². The summed E-state index contributed by atoms with van der Waals surface area (Å²) in [4.78, 5) is 13.5. The molecule has 2 aromatic carbocycles. The van der Waals surface area contributed by atoms with Crippen molar-refractivity contribution in [3.05, 3.63) is 60.3 Å². The number of primary amides is 1. The average Bonchev–Trinajstić information content (AvgIpc) is 3.06. The molecule has 0 bridgehead atoms. The number of amides is 2. The molecule has 6 nitrogen and oxygen atoms in total. The molecule has 3 N–H and O–H groups in total. The first-order chi connectivity index (χ1) is 13.2. The molecule has 0 saturated carbocycles. The van der Waals surface area contributed by atoms with Crippen LogP contribution in [0, 0.1) is 0 Å². The Morgan fingerprint density at radius 1 is 1.07 bits per heavy atom. The summed E-state index contributed by atoms with van der Waals surface area (Å²) >= 11 is 0. The predicted octanol–water partition coefficient (Wildman–Crippen LogP) is 3.00. The van der Waals surface area contributed by atoms with E-state index in [4.69, 9.17) is 10.5 Å². The summed E-state index contributed by atoms with van der Waals surface area (Å²) in [6.45, 7) is 4.71. The molecule has 1 aliphatic heterocycles. The molecule has 0 unspecified atom stereocenters. The number of urea groups is 1. The van der Waals surface area contributed by atoms with Crippen LogP contribution in [0.15, 0.2) is 54.7 Å². The molecule has 1 aromatic heterocycles. The first-order valence-electron chi connectivity index (χ1n) is 9.27. The summed E-state index contributed by atoms with van der Waals surface area (Å²) in [7, 11) is 0. The summed E-state index contributed by atoms with van der Waals surface area (Å²) in [5.41, 5.74) is 9.45. The van der Waals surface area contributed by atoms with Gasteiger partial charge in [0, 0.05) is 42.6 Å². The number of carbonyl (C=O) groups excluding carboxylic acids is 1. The number of aromatic nitrogens is 1. The summed E-state index contributed by atoms with van der Waals surface area (Å²) in [5.74, 6) is 0. The van der Waals surface area contributed by atoms with Gasteiger partial charge in [-0.25, -0.2) is 4.79 Å². The third-order valence-corrected chi connectivity index (χ3v) is 5.01. The maximum atomic E-state index is 11.0. The standard InChI is InChI=1S/C21H24N4O2/c22-21(26)23-17-5-7-18(8-6-17)25-15-16(19-3-1-2-4-20(19)25)9-10-24-11-13-27-14-12-24/h1-8,15H,9-14H2,(H3,22,23,26). The Labute approximate surface area is 158 Å². The van der Waals surface area contributed by atoms with Crippen LogP contribution in [0.2, 0.25) is 0 Å². The largest absolute Gasteiger partial charge is 0.379 e. The summed E-state index contributed by atoms with van der Waals surface area (Å²) in [5, 5.41) is 3.88. The van der Waals surface area contributed by atoms with Crippen LogP contribution < -0.4 is 11.1 Å². The van der Waals surface area contributed by atoms with Crippen LogP contribution >= 0.6 is 0 Å². The van der Waals surface area contributed by atoms with Crippen molar-refractivity contribution in [1.82, 2.24) is 9.47 Å². The molecule has 1 aliphatic rings. The van der Waals surface area contributed by atoms with Crippen LogP contribution in [-0.4, -0.2) is 48.3 Å². The molecule has 140 valence electrons. The lowest BCUT2D eigenvalue weighted by molar-refractivity contribution is 0.0385. The zero-order valence-corrected chi connectivity index (χ0v) is 15.2. The number of nitrogens with two attached hydrogens (primary N) is 1. The fraction of sp³-hybridized carbons (Fsp3) is 0.286. The zero-order chi connectivity index (χ0) is 18.6. The Hall–Kier alpha value is -2.83. The van der Waals surface area contributed by atoms with E-state index in [0.29, 0.717) is 5.69 Å². The number of ether oxygens (including phenoxy) is 1. The number of benzene rings is 2. The van der Waals surface area contributed by atoms with Crippen LogP contribution in [-0.2, 0) is 11.2 Å². The van der Waals surface area contributed by atoms with Gasteiger partial charge in [0.2, 0.25) is 0 Å². The van der Waals surface area contributed by atoms with Gasteiger partial charge in [0.1, 0.15) is 0 Å². The minimum absolute atomic E-state index is 0.556. The summed E-state index contributed by atoms with van der Waals surface area (Å²) in [6.07, 6.45) is 3.23. The molecule has 0 aliphatic carbocycles.